The molecule has 10 heteroatoms. The lowest BCUT2D eigenvalue weighted by atomic mass is 10.1. The maximum Gasteiger partial charge on any atom is 0.316 e. The van der Waals surface area contributed by atoms with Crippen molar-refractivity contribution >= 4 is 49.2 Å². The highest BCUT2D eigenvalue weighted by Crippen LogP contribution is 2.31. The highest BCUT2D eigenvalue weighted by molar-refractivity contribution is 9.10. The number of hydrogen-bond donors (Lipinski definition) is 0. The summed E-state index contributed by atoms with van der Waals surface area (Å²) in [7, 11) is -3.75. The Labute approximate surface area is 170 Å². The molecule has 1 aliphatic heterocycles. The van der Waals surface area contributed by atoms with Gasteiger partial charge in [0.15, 0.2) is 0 Å². The normalized spacial score (nSPS) is 18.7. The van der Waals surface area contributed by atoms with Gasteiger partial charge in [0.2, 0.25) is 10.0 Å². The van der Waals surface area contributed by atoms with Crippen LogP contribution < -0.4 is 4.74 Å². The minimum absolute atomic E-state index is 0.0570. The fraction of sp³-hybridized carbons (Fsp3) is 0.375. The third-order valence-electron chi connectivity index (χ3n) is 4.04. The molecule has 1 unspecified atom stereocenters. The molecule has 26 heavy (non-hydrogen) atoms. The van der Waals surface area contributed by atoms with E-state index in [1.807, 2.05) is 0 Å². The smallest absolute Gasteiger partial charge is 0.316 e. The zero-order valence-corrected chi connectivity index (χ0v) is 17.7. The number of aromatic nitrogens is 2. The van der Waals surface area contributed by atoms with Gasteiger partial charge in [-0.3, -0.25) is 0 Å². The molecule has 1 aromatic heterocycles. The van der Waals surface area contributed by atoms with Crippen molar-refractivity contribution in [2.45, 2.75) is 30.8 Å². The zero-order valence-electron chi connectivity index (χ0n) is 13.8. The van der Waals surface area contributed by atoms with Crippen LogP contribution in [0.3, 0.4) is 0 Å². The molecular formula is C16H16BrCl2N3O3S. The van der Waals surface area contributed by atoms with Crippen molar-refractivity contribution in [1.29, 1.82) is 0 Å². The highest BCUT2D eigenvalue weighted by atomic mass is 79.9. The second-order valence-corrected chi connectivity index (χ2v) is 9.60. The molecule has 1 fully saturated rings. The summed E-state index contributed by atoms with van der Waals surface area (Å²) in [5, 5.41) is 0.543. The SMILES string of the molecule is Cc1cc(S(=O)(=O)N2CCCC(Oc3ncc(Br)cn3)C2)c(Cl)cc1Cl. The van der Waals surface area contributed by atoms with Crippen molar-refractivity contribution in [3.8, 4) is 6.01 Å². The van der Waals surface area contributed by atoms with Crippen molar-refractivity contribution < 1.29 is 13.2 Å². The molecule has 140 valence electrons. The molecule has 0 N–H and O–H groups in total. The number of aryl methyl sites for hydroxylation is 1. The van der Waals surface area contributed by atoms with E-state index < -0.39 is 10.0 Å². The lowest BCUT2D eigenvalue weighted by Crippen LogP contribution is -2.44. The fourth-order valence-electron chi connectivity index (χ4n) is 2.70. The zero-order chi connectivity index (χ0) is 18.9. The predicted molar refractivity (Wildman–Crippen MR) is 103 cm³/mol. The molecule has 2 aromatic rings. The van der Waals surface area contributed by atoms with E-state index in [0.29, 0.717) is 23.6 Å². The summed E-state index contributed by atoms with van der Waals surface area (Å²) >= 11 is 15.4. The van der Waals surface area contributed by atoms with Gasteiger partial charge in [0.05, 0.1) is 16.0 Å². The number of halogens is 3. The highest BCUT2D eigenvalue weighted by Gasteiger charge is 2.33. The molecule has 1 aliphatic rings. The van der Waals surface area contributed by atoms with Crippen LogP contribution in [0.4, 0.5) is 0 Å². The third kappa shape index (κ3) is 4.31. The van der Waals surface area contributed by atoms with Gasteiger partial charge in [0.1, 0.15) is 11.0 Å². The first-order chi connectivity index (χ1) is 12.3. The van der Waals surface area contributed by atoms with Crippen LogP contribution >= 0.6 is 39.1 Å². The minimum Gasteiger partial charge on any atom is -0.459 e. The largest absolute Gasteiger partial charge is 0.459 e. The fourth-order valence-corrected chi connectivity index (χ4v) is 5.22. The standard InChI is InChI=1S/C16H16BrCl2N3O3S/c1-10-5-15(14(19)6-13(10)18)26(23,24)22-4-2-3-12(9-22)25-16-20-7-11(17)8-21-16/h5-8,12H,2-4,9H2,1H3. The van der Waals surface area contributed by atoms with Crippen molar-refractivity contribution in [2.75, 3.05) is 13.1 Å². The Kier molecular flexibility index (Phi) is 6.08. The first kappa shape index (κ1) is 19.8. The molecule has 3 rings (SSSR count). The molecular weight excluding hydrogens is 465 g/mol. The summed E-state index contributed by atoms with van der Waals surface area (Å²) in [6.07, 6.45) is 4.22. The molecule has 0 spiro atoms. The number of benzene rings is 1. The molecule has 6 nitrogen and oxygen atoms in total. The maximum absolute atomic E-state index is 13.0. The van der Waals surface area contributed by atoms with Gasteiger partial charge in [-0.2, -0.15) is 4.31 Å². The van der Waals surface area contributed by atoms with E-state index in [1.54, 1.807) is 19.3 Å². The van der Waals surface area contributed by atoms with Crippen LogP contribution in [0.2, 0.25) is 10.0 Å². The summed E-state index contributed by atoms with van der Waals surface area (Å²) in [4.78, 5) is 8.20. The number of ether oxygens (including phenoxy) is 1. The Morgan fingerprint density at radius 1 is 1.23 bits per heavy atom. The quantitative estimate of drug-likeness (QED) is 0.658. The maximum atomic E-state index is 13.0. The van der Waals surface area contributed by atoms with Crippen molar-refractivity contribution in [3.05, 3.63) is 44.6 Å². The van der Waals surface area contributed by atoms with Crippen LogP contribution in [0.25, 0.3) is 0 Å². The van der Waals surface area contributed by atoms with Gasteiger partial charge >= 0.3 is 6.01 Å². The Morgan fingerprint density at radius 3 is 2.62 bits per heavy atom. The second-order valence-electron chi connectivity index (χ2n) is 5.96. The molecule has 1 aromatic carbocycles. The van der Waals surface area contributed by atoms with Crippen molar-refractivity contribution in [3.63, 3.8) is 0 Å². The van der Waals surface area contributed by atoms with Crippen molar-refractivity contribution in [2.24, 2.45) is 0 Å². The van der Waals surface area contributed by atoms with Gasteiger partial charge in [-0.25, -0.2) is 18.4 Å². The van der Waals surface area contributed by atoms with Gasteiger partial charge < -0.3 is 4.74 Å². The van der Waals surface area contributed by atoms with Crippen LogP contribution in [0.15, 0.2) is 33.9 Å². The van der Waals surface area contributed by atoms with Gasteiger partial charge in [-0.1, -0.05) is 23.2 Å². The number of rotatable bonds is 4. The lowest BCUT2D eigenvalue weighted by molar-refractivity contribution is 0.119. The van der Waals surface area contributed by atoms with E-state index in [0.717, 1.165) is 10.9 Å². The Hall–Kier alpha value is -0.930. The lowest BCUT2D eigenvalue weighted by Gasteiger charge is -2.31. The number of piperidine rings is 1. The van der Waals surface area contributed by atoms with Crippen LogP contribution in [0.1, 0.15) is 18.4 Å². The van der Waals surface area contributed by atoms with Crippen molar-refractivity contribution in [1.82, 2.24) is 14.3 Å². The molecule has 0 amide bonds. The van der Waals surface area contributed by atoms with Gasteiger partial charge in [0.25, 0.3) is 0 Å². The number of nitrogens with zero attached hydrogens (tertiary/aromatic N) is 3. The van der Waals surface area contributed by atoms with Gasteiger partial charge in [0, 0.05) is 24.0 Å². The van der Waals surface area contributed by atoms with Crippen LogP contribution in [0, 0.1) is 6.92 Å². The molecule has 0 aliphatic carbocycles. The minimum atomic E-state index is -3.75. The Bertz CT molecular complexity index is 910. The van der Waals surface area contributed by atoms with Crippen LogP contribution in [-0.2, 0) is 10.0 Å². The summed E-state index contributed by atoms with van der Waals surface area (Å²) in [6, 6.07) is 3.18. The monoisotopic (exact) mass is 479 g/mol. The molecule has 1 atom stereocenters. The molecule has 1 saturated heterocycles. The Morgan fingerprint density at radius 2 is 1.92 bits per heavy atom. The predicted octanol–water partition coefficient (Wildman–Crippen LogP) is 4.09. The van der Waals surface area contributed by atoms with E-state index >= 15 is 0 Å². The molecule has 0 saturated carbocycles. The second kappa shape index (κ2) is 7.98. The van der Waals surface area contributed by atoms with E-state index in [4.69, 9.17) is 27.9 Å². The average molecular weight is 481 g/mol. The molecule has 0 bridgehead atoms. The van der Waals surface area contributed by atoms with Crippen LogP contribution in [-0.4, -0.2) is 41.9 Å². The summed E-state index contributed by atoms with van der Waals surface area (Å²) in [5.74, 6) is 0. The average Bonchev–Trinajstić information content (AvgIpc) is 2.60. The number of hydrogen-bond acceptors (Lipinski definition) is 5. The van der Waals surface area contributed by atoms with E-state index in [2.05, 4.69) is 25.9 Å². The van der Waals surface area contributed by atoms with Crippen LogP contribution in [0.5, 0.6) is 6.01 Å². The summed E-state index contributed by atoms with van der Waals surface area (Å²) < 4.78 is 33.9. The van der Waals surface area contributed by atoms with Gasteiger partial charge in [-0.15, -0.1) is 0 Å². The Balaban J connectivity index is 1.80. The third-order valence-corrected chi connectivity index (χ3v) is 7.19. The number of sulfonamides is 1. The van der Waals surface area contributed by atoms with E-state index in [9.17, 15) is 8.42 Å². The molecule has 2 heterocycles. The first-order valence-electron chi connectivity index (χ1n) is 7.87. The topological polar surface area (TPSA) is 72.4 Å². The summed E-state index contributed by atoms with van der Waals surface area (Å²) in [6.45, 7) is 2.35. The first-order valence-corrected chi connectivity index (χ1v) is 10.9. The summed E-state index contributed by atoms with van der Waals surface area (Å²) in [5.41, 5.74) is 0.655. The molecule has 0 radical (unpaired) electrons. The van der Waals surface area contributed by atoms with E-state index in [1.165, 1.54) is 16.4 Å². The van der Waals surface area contributed by atoms with Gasteiger partial charge in [-0.05, 0) is 53.4 Å². The van der Waals surface area contributed by atoms with E-state index in [-0.39, 0.29) is 28.6 Å².